The van der Waals surface area contributed by atoms with Crippen LogP contribution in [0.15, 0.2) is 12.1 Å². The van der Waals surface area contributed by atoms with Gasteiger partial charge in [-0.2, -0.15) is 0 Å². The summed E-state index contributed by atoms with van der Waals surface area (Å²) >= 11 is 0. The van der Waals surface area contributed by atoms with Crippen LogP contribution in [0.25, 0.3) is 0 Å². The maximum Gasteiger partial charge on any atom is 0.172 e. The molecule has 3 aliphatic rings. The summed E-state index contributed by atoms with van der Waals surface area (Å²) in [5.41, 5.74) is 12.1. The summed E-state index contributed by atoms with van der Waals surface area (Å²) < 4.78 is 11.7. The van der Waals surface area contributed by atoms with Crippen LogP contribution in [0.4, 0.5) is 0 Å². The predicted molar refractivity (Wildman–Crippen MR) is 73.1 cm³/mol. The van der Waals surface area contributed by atoms with Crippen molar-refractivity contribution in [3.63, 3.8) is 0 Å². The first-order valence-electron chi connectivity index (χ1n) is 7.42. The van der Waals surface area contributed by atoms with Gasteiger partial charge in [-0.15, -0.1) is 0 Å². The highest BCUT2D eigenvalue weighted by atomic mass is 16.7. The Bertz CT molecular complexity index is 506. The molecule has 1 aromatic carbocycles. The molecular weight excluding hydrogens is 238 g/mol. The monoisotopic (exact) mass is 259 g/mol. The van der Waals surface area contributed by atoms with Crippen LogP contribution >= 0.6 is 0 Å². The summed E-state index contributed by atoms with van der Waals surface area (Å²) in [5.74, 6) is -0.313. The molecule has 1 fully saturated rings. The third kappa shape index (κ3) is 1.92. The molecule has 0 aromatic heterocycles. The molecular formula is C16H21NO2. The molecule has 3 nitrogen and oxygen atoms in total. The zero-order valence-electron chi connectivity index (χ0n) is 11.3. The molecule has 1 atom stereocenters. The first-order chi connectivity index (χ1) is 9.26. The van der Waals surface area contributed by atoms with Crippen LogP contribution < -0.4 is 5.73 Å². The van der Waals surface area contributed by atoms with Crippen molar-refractivity contribution in [3.8, 4) is 0 Å². The van der Waals surface area contributed by atoms with Gasteiger partial charge in [-0.25, -0.2) is 0 Å². The number of fused-ring (bicyclic) bond motifs is 3. The van der Waals surface area contributed by atoms with E-state index in [4.69, 9.17) is 15.2 Å². The SMILES string of the molecule is NC1CCc2c(ccc3c2CCC2(C3)OCCO2)C1. The van der Waals surface area contributed by atoms with E-state index in [0.717, 1.165) is 51.7 Å². The molecule has 4 rings (SSSR count). The third-order valence-electron chi connectivity index (χ3n) is 4.90. The van der Waals surface area contributed by atoms with Crippen LogP contribution in [-0.4, -0.2) is 25.0 Å². The molecule has 1 aromatic rings. The van der Waals surface area contributed by atoms with Crippen molar-refractivity contribution < 1.29 is 9.47 Å². The highest BCUT2D eigenvalue weighted by Gasteiger charge is 2.40. The van der Waals surface area contributed by atoms with Gasteiger partial charge in [0.2, 0.25) is 0 Å². The Morgan fingerprint density at radius 1 is 1.05 bits per heavy atom. The van der Waals surface area contributed by atoms with Crippen LogP contribution in [0.1, 0.15) is 35.1 Å². The Balaban J connectivity index is 1.70. The molecule has 1 saturated heterocycles. The van der Waals surface area contributed by atoms with Crippen molar-refractivity contribution >= 4 is 0 Å². The molecule has 2 N–H and O–H groups in total. The van der Waals surface area contributed by atoms with Crippen molar-refractivity contribution in [2.75, 3.05) is 13.2 Å². The van der Waals surface area contributed by atoms with Crippen LogP contribution in [0.3, 0.4) is 0 Å². The standard InChI is InChI=1S/C16H21NO2/c17-13-3-4-14-11(9-13)1-2-12-10-16(6-5-15(12)14)18-7-8-19-16/h1-2,13H,3-10,17H2. The van der Waals surface area contributed by atoms with Gasteiger partial charge >= 0.3 is 0 Å². The van der Waals surface area contributed by atoms with Crippen molar-refractivity contribution in [2.45, 2.75) is 50.4 Å². The molecule has 1 heterocycles. The van der Waals surface area contributed by atoms with Gasteiger partial charge in [-0.05, 0) is 47.9 Å². The molecule has 0 radical (unpaired) electrons. The van der Waals surface area contributed by atoms with E-state index >= 15 is 0 Å². The van der Waals surface area contributed by atoms with E-state index in [9.17, 15) is 0 Å². The van der Waals surface area contributed by atoms with Gasteiger partial charge in [0.15, 0.2) is 5.79 Å². The fourth-order valence-corrected chi connectivity index (χ4v) is 3.92. The van der Waals surface area contributed by atoms with Crippen molar-refractivity contribution in [3.05, 3.63) is 34.4 Å². The summed E-state index contributed by atoms with van der Waals surface area (Å²) in [6.07, 6.45) is 6.33. The Hall–Kier alpha value is -0.900. The fraction of sp³-hybridized carbons (Fsp3) is 0.625. The lowest BCUT2D eigenvalue weighted by Gasteiger charge is -2.35. The topological polar surface area (TPSA) is 44.5 Å². The minimum absolute atomic E-state index is 0.313. The van der Waals surface area contributed by atoms with Crippen LogP contribution in [-0.2, 0) is 35.2 Å². The highest BCUT2D eigenvalue weighted by Crippen LogP contribution is 2.38. The summed E-state index contributed by atoms with van der Waals surface area (Å²) in [4.78, 5) is 0. The molecule has 1 spiro atoms. The Morgan fingerprint density at radius 3 is 2.63 bits per heavy atom. The molecule has 3 heteroatoms. The molecule has 0 bridgehead atoms. The van der Waals surface area contributed by atoms with Crippen molar-refractivity contribution in [2.24, 2.45) is 5.73 Å². The molecule has 1 unspecified atom stereocenters. The molecule has 2 aliphatic carbocycles. The molecule has 1 aliphatic heterocycles. The quantitative estimate of drug-likeness (QED) is 0.772. The van der Waals surface area contributed by atoms with Gasteiger partial charge in [0, 0.05) is 18.9 Å². The average molecular weight is 259 g/mol. The van der Waals surface area contributed by atoms with E-state index in [2.05, 4.69) is 12.1 Å². The second-order valence-corrected chi connectivity index (χ2v) is 6.13. The van der Waals surface area contributed by atoms with Gasteiger partial charge in [0.05, 0.1) is 13.2 Å². The lowest BCUT2D eigenvalue weighted by Crippen LogP contribution is -2.38. The second kappa shape index (κ2) is 4.30. The van der Waals surface area contributed by atoms with Crippen LogP contribution in [0, 0.1) is 0 Å². The number of benzene rings is 1. The first-order valence-corrected chi connectivity index (χ1v) is 7.42. The number of ether oxygens (including phenoxy) is 2. The van der Waals surface area contributed by atoms with Crippen molar-refractivity contribution in [1.82, 2.24) is 0 Å². The number of hydrogen-bond donors (Lipinski definition) is 1. The van der Waals surface area contributed by atoms with Gasteiger partial charge in [-0.3, -0.25) is 0 Å². The minimum atomic E-state index is -0.313. The lowest BCUT2D eigenvalue weighted by atomic mass is 9.78. The van der Waals surface area contributed by atoms with E-state index in [1.807, 2.05) is 0 Å². The average Bonchev–Trinajstić information content (AvgIpc) is 2.86. The Labute approximate surface area is 114 Å². The predicted octanol–water partition coefficient (Wildman–Crippen LogP) is 1.73. The molecule has 102 valence electrons. The Kier molecular flexibility index (Phi) is 2.69. The summed E-state index contributed by atoms with van der Waals surface area (Å²) in [5, 5.41) is 0. The van der Waals surface area contributed by atoms with Gasteiger partial charge in [-0.1, -0.05) is 12.1 Å². The van der Waals surface area contributed by atoms with Crippen molar-refractivity contribution in [1.29, 1.82) is 0 Å². The zero-order chi connectivity index (χ0) is 12.9. The van der Waals surface area contributed by atoms with E-state index in [-0.39, 0.29) is 5.79 Å². The minimum Gasteiger partial charge on any atom is -0.347 e. The third-order valence-corrected chi connectivity index (χ3v) is 4.90. The maximum absolute atomic E-state index is 6.08. The van der Waals surface area contributed by atoms with Crippen LogP contribution in [0.5, 0.6) is 0 Å². The highest BCUT2D eigenvalue weighted by molar-refractivity contribution is 5.45. The summed E-state index contributed by atoms with van der Waals surface area (Å²) in [6, 6.07) is 4.90. The number of nitrogens with two attached hydrogens (primary N) is 1. The van der Waals surface area contributed by atoms with Gasteiger partial charge < -0.3 is 15.2 Å². The normalized spacial score (nSPS) is 28.2. The molecule has 0 saturated carbocycles. The van der Waals surface area contributed by atoms with E-state index in [1.165, 1.54) is 11.1 Å². The first kappa shape index (κ1) is 11.9. The second-order valence-electron chi connectivity index (χ2n) is 6.13. The van der Waals surface area contributed by atoms with E-state index in [0.29, 0.717) is 6.04 Å². The number of hydrogen-bond acceptors (Lipinski definition) is 3. The van der Waals surface area contributed by atoms with E-state index in [1.54, 1.807) is 11.1 Å². The maximum atomic E-state index is 6.08. The zero-order valence-corrected chi connectivity index (χ0v) is 11.3. The molecule has 19 heavy (non-hydrogen) atoms. The molecule has 0 amide bonds. The fourth-order valence-electron chi connectivity index (χ4n) is 3.92. The van der Waals surface area contributed by atoms with Gasteiger partial charge in [0.25, 0.3) is 0 Å². The summed E-state index contributed by atoms with van der Waals surface area (Å²) in [6.45, 7) is 1.49. The van der Waals surface area contributed by atoms with Crippen LogP contribution in [0.2, 0.25) is 0 Å². The Morgan fingerprint density at radius 2 is 1.79 bits per heavy atom. The van der Waals surface area contributed by atoms with E-state index < -0.39 is 0 Å². The van der Waals surface area contributed by atoms with Gasteiger partial charge in [0.1, 0.15) is 0 Å². The smallest absolute Gasteiger partial charge is 0.172 e. The summed E-state index contributed by atoms with van der Waals surface area (Å²) in [7, 11) is 0. The largest absolute Gasteiger partial charge is 0.347 e. The lowest BCUT2D eigenvalue weighted by molar-refractivity contribution is -0.163. The number of rotatable bonds is 0.